The van der Waals surface area contributed by atoms with Gasteiger partial charge in [-0.15, -0.1) is 0 Å². The lowest BCUT2D eigenvalue weighted by atomic mass is 10.1. The maximum Gasteiger partial charge on any atom is 0.252 e. The van der Waals surface area contributed by atoms with Gasteiger partial charge in [-0.3, -0.25) is 4.79 Å². The third-order valence-electron chi connectivity index (χ3n) is 5.94. The first kappa shape index (κ1) is 19.5. The van der Waals surface area contributed by atoms with Crippen molar-refractivity contribution in [2.45, 2.75) is 40.2 Å². The molecule has 0 atom stereocenters. The van der Waals surface area contributed by atoms with Crippen molar-refractivity contribution < 1.29 is 9.69 Å². The van der Waals surface area contributed by atoms with Gasteiger partial charge in [0.05, 0.1) is 26.2 Å². The van der Waals surface area contributed by atoms with E-state index in [0.29, 0.717) is 18.6 Å². The van der Waals surface area contributed by atoms with Crippen LogP contribution in [0.1, 0.15) is 34.5 Å². The Bertz CT molecular complexity index is 1020. The number of quaternary nitrogens is 1. The summed E-state index contributed by atoms with van der Waals surface area (Å²) in [6, 6.07) is 8.71. The van der Waals surface area contributed by atoms with E-state index in [0.717, 1.165) is 49.7 Å². The summed E-state index contributed by atoms with van der Waals surface area (Å²) in [7, 11) is 0. The first-order valence-electron chi connectivity index (χ1n) is 10.3. The number of piperazine rings is 1. The quantitative estimate of drug-likeness (QED) is 0.700. The van der Waals surface area contributed by atoms with Crippen LogP contribution in [0.4, 0.5) is 0 Å². The Balaban J connectivity index is 1.31. The molecule has 2 aromatic heterocycles. The van der Waals surface area contributed by atoms with Crippen LogP contribution in [0.3, 0.4) is 0 Å². The number of fused-ring (bicyclic) bond motifs is 1. The Labute approximate surface area is 171 Å². The average Bonchev–Trinajstić information content (AvgIpc) is 3.17. The van der Waals surface area contributed by atoms with E-state index in [1.165, 1.54) is 17.5 Å². The molecule has 3 aromatic rings. The highest BCUT2D eigenvalue weighted by atomic mass is 16.2. The monoisotopic (exact) mass is 393 g/mol. The minimum absolute atomic E-state index is 0.233. The summed E-state index contributed by atoms with van der Waals surface area (Å²) in [4.78, 5) is 25.0. The van der Waals surface area contributed by atoms with Crippen LogP contribution in [0.15, 0.2) is 30.6 Å². The summed E-state index contributed by atoms with van der Waals surface area (Å²) in [5.41, 5.74) is 5.73. The number of hydrogen-bond donors (Lipinski definition) is 1. The fourth-order valence-electron chi connectivity index (χ4n) is 4.27. The fourth-order valence-corrected chi connectivity index (χ4v) is 4.27. The van der Waals surface area contributed by atoms with E-state index in [4.69, 9.17) is 0 Å². The number of amides is 1. The van der Waals surface area contributed by atoms with Crippen molar-refractivity contribution in [2.75, 3.05) is 26.2 Å². The summed E-state index contributed by atoms with van der Waals surface area (Å²) >= 11 is 0. The summed E-state index contributed by atoms with van der Waals surface area (Å²) in [5, 5.41) is 4.23. The number of benzene rings is 1. The maximum atomic E-state index is 12.8. The van der Waals surface area contributed by atoms with Crippen molar-refractivity contribution in [3.63, 3.8) is 0 Å². The molecular formula is C22H29N6O+. The van der Waals surface area contributed by atoms with Crippen molar-refractivity contribution in [1.29, 1.82) is 0 Å². The largest absolute Gasteiger partial charge is 0.331 e. The molecule has 0 aliphatic carbocycles. The number of rotatable bonds is 5. The van der Waals surface area contributed by atoms with Crippen molar-refractivity contribution in [3.8, 4) is 0 Å². The fraction of sp³-hybridized carbons (Fsp3) is 0.455. The van der Waals surface area contributed by atoms with Gasteiger partial charge in [-0.2, -0.15) is 10.1 Å². The molecule has 0 saturated carbocycles. The zero-order valence-electron chi connectivity index (χ0n) is 17.5. The molecule has 0 bridgehead atoms. The first-order valence-corrected chi connectivity index (χ1v) is 10.3. The lowest BCUT2D eigenvalue weighted by Gasteiger charge is -2.32. The molecule has 7 nitrogen and oxygen atoms in total. The van der Waals surface area contributed by atoms with Gasteiger partial charge in [0.15, 0.2) is 0 Å². The van der Waals surface area contributed by atoms with Gasteiger partial charge in [-0.1, -0.05) is 29.8 Å². The third kappa shape index (κ3) is 4.29. The number of nitrogens with zero attached hydrogens (tertiary/aromatic N) is 5. The van der Waals surface area contributed by atoms with E-state index < -0.39 is 0 Å². The highest BCUT2D eigenvalue weighted by Crippen LogP contribution is 2.15. The number of hydrogen-bond acceptors (Lipinski definition) is 4. The van der Waals surface area contributed by atoms with Crippen LogP contribution >= 0.6 is 0 Å². The lowest BCUT2D eigenvalue weighted by molar-refractivity contribution is -0.917. The first-order chi connectivity index (χ1) is 14.0. The molecule has 1 aliphatic rings. The van der Waals surface area contributed by atoms with E-state index in [2.05, 4.69) is 46.3 Å². The highest BCUT2D eigenvalue weighted by molar-refractivity contribution is 5.76. The topological polar surface area (TPSA) is 67.8 Å². The molecule has 7 heteroatoms. The number of aromatic nitrogens is 4. The van der Waals surface area contributed by atoms with Crippen molar-refractivity contribution in [3.05, 3.63) is 58.7 Å². The number of carbonyl (C=O) groups excluding carboxylic acids is 1. The predicted molar refractivity (Wildman–Crippen MR) is 111 cm³/mol. The Morgan fingerprint density at radius 3 is 2.72 bits per heavy atom. The minimum Gasteiger partial charge on any atom is -0.331 e. The molecule has 0 radical (unpaired) electrons. The smallest absolute Gasteiger partial charge is 0.252 e. The van der Waals surface area contributed by atoms with E-state index >= 15 is 0 Å². The molecule has 0 spiro atoms. The zero-order chi connectivity index (χ0) is 20.4. The molecule has 29 heavy (non-hydrogen) atoms. The van der Waals surface area contributed by atoms with Gasteiger partial charge < -0.3 is 9.80 Å². The van der Waals surface area contributed by atoms with Gasteiger partial charge in [0.25, 0.3) is 5.78 Å². The molecule has 1 fully saturated rings. The highest BCUT2D eigenvalue weighted by Gasteiger charge is 2.24. The Hall–Kier alpha value is -2.80. The summed E-state index contributed by atoms with van der Waals surface area (Å²) < 4.78 is 1.75. The van der Waals surface area contributed by atoms with Crippen LogP contribution in [0, 0.1) is 20.8 Å². The molecule has 1 aromatic carbocycles. The maximum absolute atomic E-state index is 12.8. The van der Waals surface area contributed by atoms with Crippen LogP contribution in [0.2, 0.25) is 0 Å². The van der Waals surface area contributed by atoms with Gasteiger partial charge in [0, 0.05) is 23.4 Å². The summed E-state index contributed by atoms with van der Waals surface area (Å²) in [5.74, 6) is 0.847. The molecule has 1 amide bonds. The van der Waals surface area contributed by atoms with Gasteiger partial charge >= 0.3 is 0 Å². The SMILES string of the molecule is Cc1cccc(C[NH+]2CCN(C(=O)CCc3c(C)nc4ncnn4c3C)CC2)c1. The second-order valence-electron chi connectivity index (χ2n) is 8.03. The van der Waals surface area contributed by atoms with Crippen LogP contribution in [0.5, 0.6) is 0 Å². The second kappa shape index (κ2) is 8.29. The van der Waals surface area contributed by atoms with E-state index in [9.17, 15) is 4.79 Å². The van der Waals surface area contributed by atoms with Gasteiger partial charge in [-0.25, -0.2) is 9.50 Å². The molecule has 1 N–H and O–H groups in total. The molecule has 1 aliphatic heterocycles. The van der Waals surface area contributed by atoms with E-state index in [1.54, 1.807) is 9.42 Å². The van der Waals surface area contributed by atoms with Crippen LogP contribution < -0.4 is 4.90 Å². The van der Waals surface area contributed by atoms with Gasteiger partial charge in [0.1, 0.15) is 12.9 Å². The minimum atomic E-state index is 0.233. The standard InChI is InChI=1S/C22H28N6O/c1-16-5-4-6-19(13-16)14-26-9-11-27(12-10-26)21(29)8-7-20-17(2)25-22-23-15-24-28(22)18(20)3/h4-6,13,15H,7-12,14H2,1-3H3/p+1. The van der Waals surface area contributed by atoms with Crippen molar-refractivity contribution >= 4 is 11.7 Å². The molecule has 3 heterocycles. The third-order valence-corrected chi connectivity index (χ3v) is 5.94. The Kier molecular flexibility index (Phi) is 5.58. The Morgan fingerprint density at radius 1 is 1.17 bits per heavy atom. The normalized spacial score (nSPS) is 15.2. The van der Waals surface area contributed by atoms with Crippen molar-refractivity contribution in [2.24, 2.45) is 0 Å². The lowest BCUT2D eigenvalue weighted by Crippen LogP contribution is -3.13. The van der Waals surface area contributed by atoms with E-state index in [-0.39, 0.29) is 5.91 Å². The Morgan fingerprint density at radius 2 is 1.97 bits per heavy atom. The summed E-state index contributed by atoms with van der Waals surface area (Å²) in [6.45, 7) is 10.8. The number of aryl methyl sites for hydroxylation is 3. The average molecular weight is 394 g/mol. The summed E-state index contributed by atoms with van der Waals surface area (Å²) in [6.07, 6.45) is 2.72. The van der Waals surface area contributed by atoms with Crippen LogP contribution in [0.25, 0.3) is 5.78 Å². The van der Waals surface area contributed by atoms with Crippen molar-refractivity contribution in [1.82, 2.24) is 24.5 Å². The number of carbonyl (C=O) groups is 1. The molecular weight excluding hydrogens is 364 g/mol. The number of nitrogens with one attached hydrogen (secondary N) is 1. The van der Waals surface area contributed by atoms with Crippen LogP contribution in [-0.4, -0.2) is 56.6 Å². The van der Waals surface area contributed by atoms with Gasteiger partial charge in [-0.05, 0) is 32.8 Å². The molecule has 152 valence electrons. The van der Waals surface area contributed by atoms with Gasteiger partial charge in [0.2, 0.25) is 5.91 Å². The zero-order valence-corrected chi connectivity index (χ0v) is 17.5. The van der Waals surface area contributed by atoms with E-state index in [1.807, 2.05) is 18.7 Å². The second-order valence-corrected chi connectivity index (χ2v) is 8.03. The van der Waals surface area contributed by atoms with Crippen LogP contribution in [-0.2, 0) is 17.8 Å². The molecule has 0 unspecified atom stereocenters. The molecule has 1 saturated heterocycles. The molecule has 4 rings (SSSR count). The predicted octanol–water partition coefficient (Wildman–Crippen LogP) is 0.909.